The van der Waals surface area contributed by atoms with Crippen molar-refractivity contribution >= 4 is 41.0 Å². The summed E-state index contributed by atoms with van der Waals surface area (Å²) in [6, 6.07) is 14.6. The number of aromatic nitrogens is 2. The van der Waals surface area contributed by atoms with E-state index in [0.717, 1.165) is 41.3 Å². The summed E-state index contributed by atoms with van der Waals surface area (Å²) in [6.45, 7) is 4.02. The zero-order valence-electron chi connectivity index (χ0n) is 15.6. The molecule has 5 nitrogen and oxygen atoms in total. The Kier molecular flexibility index (Phi) is 8.02. The second-order valence-electron chi connectivity index (χ2n) is 6.17. The highest BCUT2D eigenvalue weighted by molar-refractivity contribution is 14.0. The number of imidazole rings is 1. The number of rotatable bonds is 6. The lowest BCUT2D eigenvalue weighted by atomic mass is 10.2. The Morgan fingerprint density at radius 2 is 2.04 bits per heavy atom. The summed E-state index contributed by atoms with van der Waals surface area (Å²) in [5, 5.41) is 3.28. The van der Waals surface area contributed by atoms with Crippen molar-refractivity contribution < 1.29 is 4.39 Å². The number of nitrogens with one attached hydrogen (secondary N) is 2. The minimum atomic E-state index is -0.220. The van der Waals surface area contributed by atoms with Crippen molar-refractivity contribution in [2.75, 3.05) is 20.1 Å². The summed E-state index contributed by atoms with van der Waals surface area (Å²) < 4.78 is 13.4. The van der Waals surface area contributed by atoms with Gasteiger partial charge in [-0.25, -0.2) is 9.37 Å². The Morgan fingerprint density at radius 3 is 2.78 bits per heavy atom. The highest BCUT2D eigenvalue weighted by atomic mass is 127. The van der Waals surface area contributed by atoms with Gasteiger partial charge in [0.25, 0.3) is 0 Å². The van der Waals surface area contributed by atoms with E-state index in [1.807, 2.05) is 49.2 Å². The Hall–Kier alpha value is -2.16. The van der Waals surface area contributed by atoms with E-state index in [9.17, 15) is 4.39 Å². The molecule has 3 aromatic rings. The van der Waals surface area contributed by atoms with Crippen LogP contribution in [0.4, 0.5) is 4.39 Å². The van der Waals surface area contributed by atoms with E-state index in [2.05, 4.69) is 20.3 Å². The molecular formula is C20H25FIN5. The molecule has 0 atom stereocenters. The molecular weight excluding hydrogens is 456 g/mol. The van der Waals surface area contributed by atoms with Crippen LogP contribution < -0.4 is 5.32 Å². The summed E-state index contributed by atoms with van der Waals surface area (Å²) in [7, 11) is 1.95. The van der Waals surface area contributed by atoms with Crippen LogP contribution in [0.5, 0.6) is 0 Å². The third-order valence-electron chi connectivity index (χ3n) is 4.05. The first-order valence-electron chi connectivity index (χ1n) is 8.83. The minimum absolute atomic E-state index is 0. The number of guanidine groups is 1. The largest absolute Gasteiger partial charge is 0.357 e. The molecule has 1 aromatic heterocycles. The zero-order valence-corrected chi connectivity index (χ0v) is 17.9. The van der Waals surface area contributed by atoms with Crippen LogP contribution in [-0.4, -0.2) is 41.0 Å². The number of nitrogens with zero attached hydrogens (tertiary/aromatic N) is 3. The van der Waals surface area contributed by atoms with Crippen LogP contribution in [0.1, 0.15) is 18.3 Å². The van der Waals surface area contributed by atoms with Crippen LogP contribution in [-0.2, 0) is 13.0 Å². The average Bonchev–Trinajstić information content (AvgIpc) is 3.03. The third kappa shape index (κ3) is 5.92. The summed E-state index contributed by atoms with van der Waals surface area (Å²) in [5.41, 5.74) is 2.93. The Bertz CT molecular complexity index is 860. The predicted octanol–water partition coefficient (Wildman–Crippen LogP) is 3.96. The topological polar surface area (TPSA) is 56.3 Å². The number of hydrogen-bond donors (Lipinski definition) is 2. The quantitative estimate of drug-likeness (QED) is 0.319. The number of benzene rings is 2. The number of halogens is 2. The molecule has 1 heterocycles. The fraction of sp³-hybridized carbons (Fsp3) is 0.300. The molecule has 0 bridgehead atoms. The molecule has 2 N–H and O–H groups in total. The lowest BCUT2D eigenvalue weighted by Gasteiger charge is -2.22. The number of fused-ring (bicyclic) bond motifs is 1. The fourth-order valence-corrected chi connectivity index (χ4v) is 2.85. The molecule has 2 aromatic carbocycles. The summed E-state index contributed by atoms with van der Waals surface area (Å²) in [5.74, 6) is 1.51. The van der Waals surface area contributed by atoms with Crippen molar-refractivity contribution in [2.24, 2.45) is 4.99 Å². The van der Waals surface area contributed by atoms with E-state index >= 15 is 0 Å². The molecule has 0 saturated heterocycles. The summed E-state index contributed by atoms with van der Waals surface area (Å²) in [6.07, 6.45) is 0.734. The maximum absolute atomic E-state index is 13.4. The van der Waals surface area contributed by atoms with Crippen LogP contribution >= 0.6 is 24.0 Å². The molecule has 0 aliphatic carbocycles. The van der Waals surface area contributed by atoms with E-state index in [1.54, 1.807) is 12.1 Å². The van der Waals surface area contributed by atoms with Gasteiger partial charge in [0.2, 0.25) is 0 Å². The van der Waals surface area contributed by atoms with Gasteiger partial charge in [0.05, 0.1) is 11.0 Å². The first-order valence-corrected chi connectivity index (χ1v) is 8.83. The predicted molar refractivity (Wildman–Crippen MR) is 119 cm³/mol. The van der Waals surface area contributed by atoms with Gasteiger partial charge in [0.1, 0.15) is 11.6 Å². The summed E-state index contributed by atoms with van der Waals surface area (Å²) >= 11 is 0. The SMILES string of the molecule is CCNC(=NCCc1nc2ccccc2[nH]1)N(C)Cc1cccc(F)c1.I. The normalized spacial score (nSPS) is 11.3. The number of H-pyrrole nitrogens is 1. The maximum atomic E-state index is 13.4. The zero-order chi connectivity index (χ0) is 18.4. The van der Waals surface area contributed by atoms with Gasteiger partial charge in [-0.05, 0) is 36.8 Å². The van der Waals surface area contributed by atoms with E-state index in [4.69, 9.17) is 0 Å². The Morgan fingerprint density at radius 1 is 1.22 bits per heavy atom. The van der Waals surface area contributed by atoms with Crippen molar-refractivity contribution in [3.05, 3.63) is 65.7 Å². The Balaban J connectivity index is 0.00000261. The highest BCUT2D eigenvalue weighted by Crippen LogP contribution is 2.11. The number of aromatic amines is 1. The second-order valence-corrected chi connectivity index (χ2v) is 6.17. The van der Waals surface area contributed by atoms with Crippen LogP contribution in [0.3, 0.4) is 0 Å². The molecule has 27 heavy (non-hydrogen) atoms. The molecule has 7 heteroatoms. The van der Waals surface area contributed by atoms with Crippen molar-refractivity contribution in [2.45, 2.75) is 19.9 Å². The van der Waals surface area contributed by atoms with Gasteiger partial charge in [0.15, 0.2) is 5.96 Å². The van der Waals surface area contributed by atoms with E-state index in [1.165, 1.54) is 6.07 Å². The standard InChI is InChI=1S/C20H24FN5.HI/c1-3-22-20(26(2)14-15-7-6-8-16(21)13-15)23-12-11-19-24-17-9-4-5-10-18(17)25-19;/h4-10,13H,3,11-12,14H2,1-2H3,(H,22,23)(H,24,25);1H. The van der Waals surface area contributed by atoms with Crippen molar-refractivity contribution in [3.8, 4) is 0 Å². The van der Waals surface area contributed by atoms with Crippen molar-refractivity contribution in [1.29, 1.82) is 0 Å². The Labute approximate surface area is 176 Å². The highest BCUT2D eigenvalue weighted by Gasteiger charge is 2.08. The monoisotopic (exact) mass is 481 g/mol. The number of aliphatic imine (C=N–C) groups is 1. The molecule has 0 amide bonds. The third-order valence-corrected chi connectivity index (χ3v) is 4.05. The van der Waals surface area contributed by atoms with Crippen molar-refractivity contribution in [3.63, 3.8) is 0 Å². The lowest BCUT2D eigenvalue weighted by molar-refractivity contribution is 0.475. The molecule has 0 aliphatic rings. The molecule has 0 spiro atoms. The van der Waals surface area contributed by atoms with E-state index in [-0.39, 0.29) is 29.8 Å². The molecule has 0 fully saturated rings. The van der Waals surface area contributed by atoms with Crippen LogP contribution in [0.15, 0.2) is 53.5 Å². The number of hydrogen-bond acceptors (Lipinski definition) is 2. The van der Waals surface area contributed by atoms with Crippen LogP contribution in [0.25, 0.3) is 11.0 Å². The van der Waals surface area contributed by atoms with Gasteiger partial charge in [-0.15, -0.1) is 24.0 Å². The maximum Gasteiger partial charge on any atom is 0.193 e. The first-order chi connectivity index (χ1) is 12.7. The molecule has 0 aliphatic heterocycles. The molecule has 0 unspecified atom stereocenters. The molecule has 144 valence electrons. The fourth-order valence-electron chi connectivity index (χ4n) is 2.85. The van der Waals surface area contributed by atoms with E-state index in [0.29, 0.717) is 13.1 Å². The molecule has 3 rings (SSSR count). The van der Waals surface area contributed by atoms with Gasteiger partial charge in [-0.2, -0.15) is 0 Å². The van der Waals surface area contributed by atoms with Crippen molar-refractivity contribution in [1.82, 2.24) is 20.2 Å². The van der Waals surface area contributed by atoms with E-state index < -0.39 is 0 Å². The van der Waals surface area contributed by atoms with Crippen LogP contribution in [0, 0.1) is 5.82 Å². The van der Waals surface area contributed by atoms with Gasteiger partial charge in [0, 0.05) is 33.1 Å². The summed E-state index contributed by atoms with van der Waals surface area (Å²) in [4.78, 5) is 14.6. The minimum Gasteiger partial charge on any atom is -0.357 e. The lowest BCUT2D eigenvalue weighted by Crippen LogP contribution is -2.38. The smallest absolute Gasteiger partial charge is 0.193 e. The first kappa shape index (κ1) is 21.1. The average molecular weight is 481 g/mol. The van der Waals surface area contributed by atoms with Gasteiger partial charge >= 0.3 is 0 Å². The number of para-hydroxylation sites is 2. The molecule has 0 radical (unpaired) electrons. The van der Waals surface area contributed by atoms with Gasteiger partial charge in [-0.1, -0.05) is 24.3 Å². The van der Waals surface area contributed by atoms with Crippen LogP contribution in [0.2, 0.25) is 0 Å². The molecule has 0 saturated carbocycles. The van der Waals surface area contributed by atoms with Gasteiger partial charge < -0.3 is 15.2 Å². The van der Waals surface area contributed by atoms with Gasteiger partial charge in [-0.3, -0.25) is 4.99 Å². The second kappa shape index (κ2) is 10.2.